The first-order chi connectivity index (χ1) is 11.6. The molecule has 1 fully saturated rings. The van der Waals surface area contributed by atoms with Crippen LogP contribution in [0.1, 0.15) is 5.56 Å². The number of phenols is 1. The van der Waals surface area contributed by atoms with Gasteiger partial charge in [0.2, 0.25) is 0 Å². The second-order valence-electron chi connectivity index (χ2n) is 4.83. The molecule has 1 amide bonds. The third kappa shape index (κ3) is 3.26. The molecule has 2 N–H and O–H groups in total. The lowest BCUT2D eigenvalue weighted by Gasteiger charge is -2.05. The summed E-state index contributed by atoms with van der Waals surface area (Å²) in [7, 11) is 1.45. The van der Waals surface area contributed by atoms with Crippen LogP contribution in [0.3, 0.4) is 0 Å². The fourth-order valence-corrected chi connectivity index (χ4v) is 2.92. The maximum Gasteiger partial charge on any atom is 0.264 e. The Bertz CT molecular complexity index is 865. The zero-order valence-electron chi connectivity index (χ0n) is 12.6. The molecule has 1 aliphatic heterocycles. The Hall–Kier alpha value is -2.80. The highest BCUT2D eigenvalue weighted by Gasteiger charge is 2.24. The Morgan fingerprint density at radius 3 is 2.79 bits per heavy atom. The number of aromatic hydroxyl groups is 1. The molecule has 1 heterocycles. The van der Waals surface area contributed by atoms with Crippen molar-refractivity contribution in [1.82, 2.24) is 5.32 Å². The predicted octanol–water partition coefficient (Wildman–Crippen LogP) is 3.43. The van der Waals surface area contributed by atoms with Crippen molar-refractivity contribution in [3.8, 4) is 11.5 Å². The first-order valence-electron chi connectivity index (χ1n) is 6.98. The van der Waals surface area contributed by atoms with Crippen LogP contribution in [0.25, 0.3) is 6.08 Å². The van der Waals surface area contributed by atoms with E-state index in [1.54, 1.807) is 30.3 Å². The average Bonchev–Trinajstić information content (AvgIpc) is 2.91. The minimum Gasteiger partial charge on any atom is -0.504 e. The van der Waals surface area contributed by atoms with Crippen molar-refractivity contribution >= 4 is 34.6 Å². The van der Waals surface area contributed by atoms with E-state index < -0.39 is 5.82 Å². The molecule has 1 saturated heterocycles. The Morgan fingerprint density at radius 1 is 1.25 bits per heavy atom. The molecule has 3 rings (SSSR count). The maximum atomic E-state index is 13.6. The van der Waals surface area contributed by atoms with E-state index in [1.165, 1.54) is 25.3 Å². The van der Waals surface area contributed by atoms with Gasteiger partial charge in [-0.1, -0.05) is 24.3 Å². The summed E-state index contributed by atoms with van der Waals surface area (Å²) in [5.41, 5.74) is 0.588. The minimum absolute atomic E-state index is 0.0552. The fraction of sp³-hybridized carbons (Fsp3) is 0.0588. The highest BCUT2D eigenvalue weighted by Crippen LogP contribution is 2.34. The van der Waals surface area contributed by atoms with Crippen LogP contribution >= 0.6 is 11.8 Å². The molecule has 0 aromatic heterocycles. The standard InChI is InChI=1S/C17H13FN2O3S/c1-23-13-8-4-5-10(15(13)21)9-14-16(22)20-17(24-14)19-12-7-3-2-6-11(12)18/h2-9,21H,1H3,(H,19,20,22)/b14-9-. The van der Waals surface area contributed by atoms with Gasteiger partial charge in [0.25, 0.3) is 5.91 Å². The van der Waals surface area contributed by atoms with Gasteiger partial charge < -0.3 is 15.2 Å². The Labute approximate surface area is 141 Å². The van der Waals surface area contributed by atoms with Gasteiger partial charge in [0, 0.05) is 5.56 Å². The number of thioether (sulfide) groups is 1. The molecule has 2 aromatic carbocycles. The molecule has 2 aromatic rings. The topological polar surface area (TPSA) is 70.9 Å². The minimum atomic E-state index is -0.470. The summed E-state index contributed by atoms with van der Waals surface area (Å²) < 4.78 is 18.7. The highest BCUT2D eigenvalue weighted by atomic mass is 32.2. The Kier molecular flexibility index (Phi) is 4.52. The number of hydrogen-bond donors (Lipinski definition) is 2. The number of nitrogens with zero attached hydrogens (tertiary/aromatic N) is 1. The molecule has 0 saturated carbocycles. The molecule has 0 bridgehead atoms. The summed E-state index contributed by atoms with van der Waals surface area (Å²) in [5, 5.41) is 12.9. The van der Waals surface area contributed by atoms with Gasteiger partial charge in [-0.05, 0) is 36.0 Å². The molecule has 7 heteroatoms. The SMILES string of the molecule is COc1cccc(/C=C2\SC(=Nc3ccccc3F)NC2=O)c1O. The number of hydrogen-bond acceptors (Lipinski definition) is 5. The molecule has 1 aliphatic rings. The molecule has 0 atom stereocenters. The zero-order chi connectivity index (χ0) is 17.1. The molecular weight excluding hydrogens is 331 g/mol. The highest BCUT2D eigenvalue weighted by molar-refractivity contribution is 8.18. The number of carbonyl (C=O) groups is 1. The third-order valence-electron chi connectivity index (χ3n) is 3.26. The second-order valence-corrected chi connectivity index (χ2v) is 5.86. The van der Waals surface area contributed by atoms with Crippen LogP contribution in [-0.2, 0) is 4.79 Å². The molecule has 0 spiro atoms. The van der Waals surface area contributed by atoms with Crippen molar-refractivity contribution in [2.75, 3.05) is 7.11 Å². The maximum absolute atomic E-state index is 13.6. The molecule has 122 valence electrons. The van der Waals surface area contributed by atoms with Crippen LogP contribution in [0.2, 0.25) is 0 Å². The van der Waals surface area contributed by atoms with Gasteiger partial charge in [-0.3, -0.25) is 4.79 Å². The van der Waals surface area contributed by atoms with Crippen molar-refractivity contribution in [2.45, 2.75) is 0 Å². The van der Waals surface area contributed by atoms with Crippen LogP contribution in [-0.4, -0.2) is 23.3 Å². The molecule has 24 heavy (non-hydrogen) atoms. The lowest BCUT2D eigenvalue weighted by Crippen LogP contribution is -2.19. The van der Waals surface area contributed by atoms with Gasteiger partial charge in [-0.25, -0.2) is 9.38 Å². The number of rotatable bonds is 3. The first kappa shape index (κ1) is 16.1. The van der Waals surface area contributed by atoms with Gasteiger partial charge in [0.1, 0.15) is 11.5 Å². The average molecular weight is 344 g/mol. The van der Waals surface area contributed by atoms with Gasteiger partial charge in [-0.15, -0.1) is 0 Å². The number of carbonyl (C=O) groups excluding carboxylic acids is 1. The van der Waals surface area contributed by atoms with Crippen molar-refractivity contribution in [2.24, 2.45) is 4.99 Å². The van der Waals surface area contributed by atoms with Crippen LogP contribution in [0.4, 0.5) is 10.1 Å². The summed E-state index contributed by atoms with van der Waals surface area (Å²) in [4.78, 5) is 16.5. The van der Waals surface area contributed by atoms with Crippen molar-refractivity contribution in [3.63, 3.8) is 0 Å². The van der Waals surface area contributed by atoms with E-state index in [2.05, 4.69) is 10.3 Å². The Morgan fingerprint density at radius 2 is 2.04 bits per heavy atom. The number of ether oxygens (including phenoxy) is 1. The van der Waals surface area contributed by atoms with Crippen LogP contribution in [0, 0.1) is 5.82 Å². The van der Waals surface area contributed by atoms with Crippen molar-refractivity contribution in [1.29, 1.82) is 0 Å². The molecule has 5 nitrogen and oxygen atoms in total. The number of para-hydroxylation sites is 2. The summed E-state index contributed by atoms with van der Waals surface area (Å²) in [6.07, 6.45) is 1.53. The van der Waals surface area contributed by atoms with Crippen LogP contribution in [0.15, 0.2) is 52.4 Å². The normalized spacial score (nSPS) is 17.3. The largest absolute Gasteiger partial charge is 0.504 e. The van der Waals surface area contributed by atoms with Crippen molar-refractivity contribution < 1.29 is 19.0 Å². The lowest BCUT2D eigenvalue weighted by molar-refractivity contribution is -0.115. The van der Waals surface area contributed by atoms with E-state index in [0.717, 1.165) is 11.8 Å². The summed E-state index contributed by atoms with van der Waals surface area (Å²) in [5.74, 6) is -0.576. The van der Waals surface area contributed by atoms with Gasteiger partial charge in [0.15, 0.2) is 16.7 Å². The van der Waals surface area contributed by atoms with Gasteiger partial charge in [0.05, 0.1) is 12.0 Å². The monoisotopic (exact) mass is 344 g/mol. The van der Waals surface area contributed by atoms with Gasteiger partial charge >= 0.3 is 0 Å². The van der Waals surface area contributed by atoms with Crippen LogP contribution < -0.4 is 10.1 Å². The number of amidine groups is 1. The number of amides is 1. The molecule has 0 aliphatic carbocycles. The molecule has 0 radical (unpaired) electrons. The predicted molar refractivity (Wildman–Crippen MR) is 91.9 cm³/mol. The van der Waals surface area contributed by atoms with Crippen LogP contribution in [0.5, 0.6) is 11.5 Å². The number of nitrogens with one attached hydrogen (secondary N) is 1. The fourth-order valence-electron chi connectivity index (χ4n) is 2.09. The second kappa shape index (κ2) is 6.76. The summed E-state index contributed by atoms with van der Waals surface area (Å²) in [6.45, 7) is 0. The van der Waals surface area contributed by atoms with Gasteiger partial charge in [-0.2, -0.15) is 0 Å². The number of benzene rings is 2. The van der Waals surface area contributed by atoms with E-state index >= 15 is 0 Å². The third-order valence-corrected chi connectivity index (χ3v) is 4.17. The summed E-state index contributed by atoms with van der Waals surface area (Å²) >= 11 is 1.07. The Balaban J connectivity index is 1.89. The molecular formula is C17H13FN2O3S. The van der Waals surface area contributed by atoms with E-state index in [1.807, 2.05) is 0 Å². The first-order valence-corrected chi connectivity index (χ1v) is 7.80. The lowest BCUT2D eigenvalue weighted by atomic mass is 10.1. The molecule has 0 unspecified atom stereocenters. The quantitative estimate of drug-likeness (QED) is 0.837. The summed E-state index contributed by atoms with van der Waals surface area (Å²) in [6, 6.07) is 11.0. The van der Waals surface area contributed by atoms with E-state index in [-0.39, 0.29) is 22.5 Å². The number of methoxy groups -OCH3 is 1. The number of aliphatic imine (C=N–C) groups is 1. The number of phenolic OH excluding ortho intramolecular Hbond substituents is 1. The zero-order valence-corrected chi connectivity index (χ0v) is 13.4. The van der Waals surface area contributed by atoms with E-state index in [9.17, 15) is 14.3 Å². The smallest absolute Gasteiger partial charge is 0.264 e. The van der Waals surface area contributed by atoms with E-state index in [0.29, 0.717) is 16.2 Å². The number of halogens is 1. The van der Waals surface area contributed by atoms with E-state index in [4.69, 9.17) is 4.74 Å². The van der Waals surface area contributed by atoms with Crippen molar-refractivity contribution in [3.05, 3.63) is 58.8 Å².